The van der Waals surface area contributed by atoms with E-state index in [4.69, 9.17) is 5.73 Å². The molecule has 0 amide bonds. The molecule has 0 spiro atoms. The molecule has 1 nitrogen and oxygen atoms in total. The maximum Gasteiger partial charge on any atom is 0.00825 e. The number of nitrogens with two attached hydrogens (primary N) is 1. The van der Waals surface area contributed by atoms with Crippen LogP contribution in [0.4, 0.5) is 0 Å². The van der Waals surface area contributed by atoms with Gasteiger partial charge in [0.25, 0.3) is 0 Å². The van der Waals surface area contributed by atoms with Crippen molar-refractivity contribution in [1.82, 2.24) is 0 Å². The molecular formula is C11H17N. The highest BCUT2D eigenvalue weighted by atomic mass is 14.6. The van der Waals surface area contributed by atoms with Crippen LogP contribution in [0.3, 0.4) is 0 Å². The van der Waals surface area contributed by atoms with Gasteiger partial charge < -0.3 is 5.73 Å². The van der Waals surface area contributed by atoms with E-state index in [0.29, 0.717) is 6.04 Å². The van der Waals surface area contributed by atoms with E-state index in [1.807, 2.05) is 13.0 Å². The molecule has 0 radical (unpaired) electrons. The third-order valence-electron chi connectivity index (χ3n) is 2.29. The number of allylic oxidation sites excluding steroid dienone is 4. The van der Waals surface area contributed by atoms with Crippen LogP contribution in [0.5, 0.6) is 0 Å². The molecule has 1 unspecified atom stereocenters. The summed E-state index contributed by atoms with van der Waals surface area (Å²) < 4.78 is 0. The van der Waals surface area contributed by atoms with Crippen molar-refractivity contribution in [3.05, 3.63) is 36.0 Å². The molecule has 0 aromatic heterocycles. The average Bonchev–Trinajstić information content (AvgIpc) is 2.05. The summed E-state index contributed by atoms with van der Waals surface area (Å²) >= 11 is 0. The quantitative estimate of drug-likeness (QED) is 0.665. The molecule has 0 heterocycles. The summed E-state index contributed by atoms with van der Waals surface area (Å²) in [5.41, 5.74) is 8.61. The molecule has 1 atom stereocenters. The number of rotatable bonds is 2. The zero-order valence-electron chi connectivity index (χ0n) is 7.72. The predicted octanol–water partition coefficient (Wildman–Crippen LogP) is 2.56. The van der Waals surface area contributed by atoms with Crippen LogP contribution in [-0.4, -0.2) is 6.04 Å². The molecule has 12 heavy (non-hydrogen) atoms. The molecular weight excluding hydrogens is 146 g/mol. The molecule has 0 aliphatic heterocycles. The van der Waals surface area contributed by atoms with Crippen LogP contribution >= 0.6 is 0 Å². The van der Waals surface area contributed by atoms with Crippen LogP contribution in [-0.2, 0) is 0 Å². The van der Waals surface area contributed by atoms with Crippen LogP contribution in [0.2, 0.25) is 0 Å². The summed E-state index contributed by atoms with van der Waals surface area (Å²) in [5.74, 6) is 0. The molecule has 0 fully saturated rings. The first-order valence-corrected chi connectivity index (χ1v) is 4.50. The second-order valence-electron chi connectivity index (χ2n) is 3.26. The molecule has 1 rings (SSSR count). The van der Waals surface area contributed by atoms with Gasteiger partial charge in [-0.2, -0.15) is 0 Å². The van der Waals surface area contributed by atoms with Crippen LogP contribution < -0.4 is 5.73 Å². The van der Waals surface area contributed by atoms with Gasteiger partial charge in [-0.25, -0.2) is 0 Å². The highest BCUT2D eigenvalue weighted by molar-refractivity contribution is 5.34. The lowest BCUT2D eigenvalue weighted by molar-refractivity contribution is 0.582. The molecule has 0 bridgehead atoms. The topological polar surface area (TPSA) is 26.0 Å². The first-order valence-electron chi connectivity index (χ1n) is 4.50. The monoisotopic (exact) mass is 163 g/mol. The van der Waals surface area contributed by atoms with E-state index in [1.165, 1.54) is 11.1 Å². The van der Waals surface area contributed by atoms with Gasteiger partial charge >= 0.3 is 0 Å². The molecule has 0 saturated carbocycles. The Hall–Kier alpha value is -0.820. The van der Waals surface area contributed by atoms with Gasteiger partial charge in [0.1, 0.15) is 0 Å². The molecule has 1 aliphatic rings. The van der Waals surface area contributed by atoms with E-state index in [1.54, 1.807) is 0 Å². The average molecular weight is 163 g/mol. The Balaban J connectivity index is 2.84. The van der Waals surface area contributed by atoms with Crippen LogP contribution in [0.1, 0.15) is 26.2 Å². The van der Waals surface area contributed by atoms with E-state index in [9.17, 15) is 0 Å². The summed E-state index contributed by atoms with van der Waals surface area (Å²) in [5, 5.41) is 0. The van der Waals surface area contributed by atoms with E-state index in [-0.39, 0.29) is 0 Å². The Morgan fingerprint density at radius 1 is 1.50 bits per heavy atom. The Bertz CT molecular complexity index is 223. The van der Waals surface area contributed by atoms with Crippen molar-refractivity contribution < 1.29 is 0 Å². The molecule has 1 aliphatic carbocycles. The fourth-order valence-corrected chi connectivity index (χ4v) is 1.63. The smallest absolute Gasteiger partial charge is 0.00825 e. The minimum absolute atomic E-state index is 0.347. The van der Waals surface area contributed by atoms with Crippen LogP contribution in [0.25, 0.3) is 0 Å². The van der Waals surface area contributed by atoms with Gasteiger partial charge in [-0.15, -0.1) is 0 Å². The van der Waals surface area contributed by atoms with Crippen molar-refractivity contribution in [2.75, 3.05) is 0 Å². The highest BCUT2D eigenvalue weighted by Crippen LogP contribution is 2.25. The van der Waals surface area contributed by atoms with Gasteiger partial charge in [-0.05, 0) is 37.3 Å². The van der Waals surface area contributed by atoms with Crippen molar-refractivity contribution >= 4 is 0 Å². The van der Waals surface area contributed by atoms with Gasteiger partial charge in [0, 0.05) is 6.04 Å². The zero-order chi connectivity index (χ0) is 8.97. The molecule has 0 aromatic rings. The Morgan fingerprint density at radius 3 is 2.83 bits per heavy atom. The van der Waals surface area contributed by atoms with E-state index in [0.717, 1.165) is 19.3 Å². The minimum atomic E-state index is 0.347. The standard InChI is InChI=1S/C11H17N/c1-3-5-10-8-11(12)7-6-9(10)4-2/h3-5,11H,2,6-8,12H2,1H3/b5-3-. The Morgan fingerprint density at radius 2 is 2.25 bits per heavy atom. The fourth-order valence-electron chi connectivity index (χ4n) is 1.63. The molecule has 2 N–H and O–H groups in total. The maximum atomic E-state index is 5.87. The van der Waals surface area contributed by atoms with E-state index >= 15 is 0 Å². The third-order valence-corrected chi connectivity index (χ3v) is 2.29. The molecule has 0 aromatic carbocycles. The van der Waals surface area contributed by atoms with Crippen molar-refractivity contribution in [3.8, 4) is 0 Å². The Kier molecular flexibility index (Phi) is 3.30. The summed E-state index contributed by atoms with van der Waals surface area (Å²) in [6, 6.07) is 0.347. The lowest BCUT2D eigenvalue weighted by atomic mass is 9.88. The summed E-state index contributed by atoms with van der Waals surface area (Å²) in [4.78, 5) is 0. The summed E-state index contributed by atoms with van der Waals surface area (Å²) in [7, 11) is 0. The van der Waals surface area contributed by atoms with E-state index < -0.39 is 0 Å². The van der Waals surface area contributed by atoms with Crippen LogP contribution in [0, 0.1) is 0 Å². The summed E-state index contributed by atoms with van der Waals surface area (Å²) in [6.45, 7) is 5.84. The molecule has 0 saturated heterocycles. The molecule has 66 valence electrons. The lowest BCUT2D eigenvalue weighted by Crippen LogP contribution is -2.23. The predicted molar refractivity (Wildman–Crippen MR) is 53.9 cm³/mol. The first-order chi connectivity index (χ1) is 5.77. The zero-order valence-corrected chi connectivity index (χ0v) is 7.72. The highest BCUT2D eigenvalue weighted by Gasteiger charge is 2.13. The first kappa shape index (κ1) is 9.27. The van der Waals surface area contributed by atoms with Gasteiger partial charge in [0.05, 0.1) is 0 Å². The fraction of sp³-hybridized carbons (Fsp3) is 0.455. The summed E-state index contributed by atoms with van der Waals surface area (Å²) in [6.07, 6.45) is 9.37. The number of hydrogen-bond donors (Lipinski definition) is 1. The Labute approximate surface area is 74.7 Å². The maximum absolute atomic E-state index is 5.87. The minimum Gasteiger partial charge on any atom is -0.327 e. The third kappa shape index (κ3) is 2.08. The second kappa shape index (κ2) is 4.27. The largest absolute Gasteiger partial charge is 0.327 e. The SMILES string of the molecule is C=CC1=C(/C=C\C)CC(N)CC1. The number of hydrogen-bond acceptors (Lipinski definition) is 1. The molecule has 1 heteroatoms. The van der Waals surface area contributed by atoms with Crippen molar-refractivity contribution in [3.63, 3.8) is 0 Å². The normalized spacial score (nSPS) is 25.0. The van der Waals surface area contributed by atoms with Crippen LogP contribution in [0.15, 0.2) is 36.0 Å². The van der Waals surface area contributed by atoms with Gasteiger partial charge in [-0.3, -0.25) is 0 Å². The van der Waals surface area contributed by atoms with Crippen molar-refractivity contribution in [2.45, 2.75) is 32.2 Å². The van der Waals surface area contributed by atoms with Crippen molar-refractivity contribution in [1.29, 1.82) is 0 Å². The lowest BCUT2D eigenvalue weighted by Gasteiger charge is -2.21. The van der Waals surface area contributed by atoms with Crippen molar-refractivity contribution in [2.24, 2.45) is 5.73 Å². The van der Waals surface area contributed by atoms with Gasteiger partial charge in [0.15, 0.2) is 0 Å². The second-order valence-corrected chi connectivity index (χ2v) is 3.26. The van der Waals surface area contributed by atoms with Gasteiger partial charge in [0.2, 0.25) is 0 Å². The van der Waals surface area contributed by atoms with Gasteiger partial charge in [-0.1, -0.05) is 24.8 Å². The van der Waals surface area contributed by atoms with E-state index in [2.05, 4.69) is 18.7 Å².